The molecule has 0 aliphatic heterocycles. The molecule has 0 atom stereocenters. The first-order valence-electron chi connectivity index (χ1n) is 9.76. The number of thiazole rings is 1. The van der Waals surface area contributed by atoms with Crippen molar-refractivity contribution in [2.75, 3.05) is 0 Å². The molecular weight excluding hydrogens is 396 g/mol. The highest BCUT2D eigenvalue weighted by atomic mass is 32.1. The van der Waals surface area contributed by atoms with Crippen LogP contribution in [0.3, 0.4) is 0 Å². The molecule has 30 heavy (non-hydrogen) atoms. The average Bonchev–Trinajstić information content (AvgIpc) is 3.47. The Labute approximate surface area is 176 Å². The van der Waals surface area contributed by atoms with Gasteiger partial charge in [-0.1, -0.05) is 49.4 Å². The average molecular weight is 417 g/mol. The summed E-state index contributed by atoms with van der Waals surface area (Å²) in [7, 11) is 0. The molecule has 3 aromatic heterocycles. The maximum Gasteiger partial charge on any atom is 0.272 e. The van der Waals surface area contributed by atoms with Gasteiger partial charge in [0.25, 0.3) is 5.91 Å². The smallest absolute Gasteiger partial charge is 0.272 e. The van der Waals surface area contributed by atoms with Gasteiger partial charge in [0, 0.05) is 0 Å². The number of aromatic nitrogens is 5. The van der Waals surface area contributed by atoms with Crippen molar-refractivity contribution < 1.29 is 4.79 Å². The summed E-state index contributed by atoms with van der Waals surface area (Å²) in [5.74, 6) is 0.665. The van der Waals surface area contributed by atoms with E-state index in [1.807, 2.05) is 54.6 Å². The molecule has 0 saturated carbocycles. The summed E-state index contributed by atoms with van der Waals surface area (Å²) >= 11 is 1.56. The van der Waals surface area contributed by atoms with Gasteiger partial charge in [0.2, 0.25) is 5.13 Å². The van der Waals surface area contributed by atoms with E-state index in [9.17, 15) is 4.79 Å². The monoisotopic (exact) mass is 416 g/mol. The summed E-state index contributed by atoms with van der Waals surface area (Å²) in [5, 5.41) is 8.24. The summed E-state index contributed by atoms with van der Waals surface area (Å²) < 4.78 is 2.87. The molecule has 3 heterocycles. The molecule has 0 unspecified atom stereocenters. The van der Waals surface area contributed by atoms with Crippen LogP contribution in [0.15, 0.2) is 54.6 Å². The highest BCUT2D eigenvalue weighted by Crippen LogP contribution is 2.27. The van der Waals surface area contributed by atoms with Crippen LogP contribution >= 0.6 is 11.3 Å². The lowest BCUT2D eigenvalue weighted by molar-refractivity contribution is 0.0944. The second kappa shape index (κ2) is 7.38. The van der Waals surface area contributed by atoms with E-state index in [-0.39, 0.29) is 11.8 Å². The summed E-state index contributed by atoms with van der Waals surface area (Å²) in [4.78, 5) is 25.2. The molecule has 1 amide bonds. The number of nitrogens with one attached hydrogen (secondary N) is 2. The third-order valence-corrected chi connectivity index (χ3v) is 5.89. The van der Waals surface area contributed by atoms with Gasteiger partial charge in [-0.15, -0.1) is 0 Å². The molecule has 0 radical (unpaired) electrons. The van der Waals surface area contributed by atoms with Crippen molar-refractivity contribution in [2.45, 2.75) is 26.3 Å². The minimum absolute atomic E-state index is 0.196. The van der Waals surface area contributed by atoms with Gasteiger partial charge in [0.1, 0.15) is 5.82 Å². The second-order valence-corrected chi connectivity index (χ2v) is 8.38. The number of para-hydroxylation sites is 3. The van der Waals surface area contributed by atoms with E-state index in [1.54, 1.807) is 16.0 Å². The van der Waals surface area contributed by atoms with Crippen LogP contribution in [0.1, 0.15) is 41.8 Å². The Morgan fingerprint density at radius 3 is 2.63 bits per heavy atom. The predicted molar refractivity (Wildman–Crippen MR) is 118 cm³/mol. The van der Waals surface area contributed by atoms with Crippen molar-refractivity contribution in [1.82, 2.24) is 30.0 Å². The van der Waals surface area contributed by atoms with E-state index in [4.69, 9.17) is 0 Å². The van der Waals surface area contributed by atoms with Gasteiger partial charge < -0.3 is 10.3 Å². The van der Waals surface area contributed by atoms with Crippen molar-refractivity contribution >= 4 is 38.5 Å². The fourth-order valence-electron chi connectivity index (χ4n) is 3.37. The van der Waals surface area contributed by atoms with Crippen LogP contribution in [-0.4, -0.2) is 30.6 Å². The van der Waals surface area contributed by atoms with E-state index in [0.29, 0.717) is 18.1 Å². The Morgan fingerprint density at radius 2 is 1.87 bits per heavy atom. The fraction of sp³-hybridized carbons (Fsp3) is 0.182. The second-order valence-electron chi connectivity index (χ2n) is 7.37. The first-order chi connectivity index (χ1) is 14.6. The molecule has 2 N–H and O–H groups in total. The number of fused-ring (bicyclic) bond motifs is 2. The van der Waals surface area contributed by atoms with E-state index in [0.717, 1.165) is 32.1 Å². The van der Waals surface area contributed by atoms with Crippen LogP contribution in [0, 0.1) is 0 Å². The number of benzene rings is 2. The number of imidazole rings is 1. The zero-order valence-corrected chi connectivity index (χ0v) is 17.4. The van der Waals surface area contributed by atoms with Crippen LogP contribution in [0.4, 0.5) is 0 Å². The standard InChI is InChI=1S/C22H20N6OS/c1-13(2)18-11-17(27-28(18)22-26-16-9-5-6-10-19(16)30-22)21(29)23-12-20-24-14-7-3-4-8-15(14)25-20/h3-11,13H,12H2,1-2H3,(H,23,29)(H,24,25). The van der Waals surface area contributed by atoms with E-state index in [1.165, 1.54) is 0 Å². The van der Waals surface area contributed by atoms with Gasteiger partial charge in [-0.25, -0.2) is 14.6 Å². The van der Waals surface area contributed by atoms with Crippen molar-refractivity contribution in [3.63, 3.8) is 0 Å². The number of carbonyl (C=O) groups excluding carboxylic acids is 1. The Hall–Kier alpha value is -3.52. The number of carbonyl (C=O) groups is 1. The molecule has 0 spiro atoms. The Balaban J connectivity index is 1.41. The molecule has 0 fully saturated rings. The molecule has 0 aliphatic carbocycles. The summed E-state index contributed by atoms with van der Waals surface area (Å²) in [6.45, 7) is 4.46. The van der Waals surface area contributed by atoms with Gasteiger partial charge in [-0.2, -0.15) is 5.10 Å². The van der Waals surface area contributed by atoms with Crippen LogP contribution in [0.5, 0.6) is 0 Å². The molecule has 0 aliphatic rings. The van der Waals surface area contributed by atoms with Crippen LogP contribution in [0.25, 0.3) is 26.4 Å². The van der Waals surface area contributed by atoms with Gasteiger partial charge in [-0.3, -0.25) is 4.79 Å². The van der Waals surface area contributed by atoms with Crippen molar-refractivity contribution in [3.05, 3.63) is 71.8 Å². The summed E-state index contributed by atoms with van der Waals surface area (Å²) in [6, 6.07) is 17.6. The zero-order chi connectivity index (χ0) is 20.7. The lowest BCUT2D eigenvalue weighted by Crippen LogP contribution is -2.24. The minimum Gasteiger partial charge on any atom is -0.343 e. The Morgan fingerprint density at radius 1 is 1.10 bits per heavy atom. The largest absolute Gasteiger partial charge is 0.343 e. The zero-order valence-electron chi connectivity index (χ0n) is 16.6. The third-order valence-electron chi connectivity index (χ3n) is 4.88. The summed E-state index contributed by atoms with van der Waals surface area (Å²) in [6.07, 6.45) is 0. The number of hydrogen-bond acceptors (Lipinski definition) is 5. The molecule has 150 valence electrons. The van der Waals surface area contributed by atoms with Crippen LogP contribution < -0.4 is 5.32 Å². The van der Waals surface area contributed by atoms with Gasteiger partial charge >= 0.3 is 0 Å². The van der Waals surface area contributed by atoms with Crippen molar-refractivity contribution in [2.24, 2.45) is 0 Å². The SMILES string of the molecule is CC(C)c1cc(C(=O)NCc2nc3ccccc3[nH]2)nn1-c1nc2ccccc2s1. The number of rotatable bonds is 5. The number of amides is 1. The number of aromatic amines is 1. The quantitative estimate of drug-likeness (QED) is 0.444. The molecule has 0 bridgehead atoms. The van der Waals surface area contributed by atoms with Gasteiger partial charge in [0.05, 0.1) is 33.5 Å². The van der Waals surface area contributed by atoms with Gasteiger partial charge in [0.15, 0.2) is 5.69 Å². The molecule has 8 heteroatoms. The van der Waals surface area contributed by atoms with E-state index < -0.39 is 0 Å². The molecule has 0 saturated heterocycles. The highest BCUT2D eigenvalue weighted by Gasteiger charge is 2.19. The maximum atomic E-state index is 12.8. The normalized spacial score (nSPS) is 11.6. The maximum absolute atomic E-state index is 12.8. The molecule has 2 aromatic carbocycles. The highest BCUT2D eigenvalue weighted by molar-refractivity contribution is 7.20. The molecular formula is C22H20N6OS. The van der Waals surface area contributed by atoms with E-state index in [2.05, 4.69) is 39.2 Å². The number of H-pyrrole nitrogens is 1. The number of hydrogen-bond donors (Lipinski definition) is 2. The fourth-order valence-corrected chi connectivity index (χ4v) is 4.30. The summed E-state index contributed by atoms with van der Waals surface area (Å²) in [5.41, 5.74) is 4.07. The third kappa shape index (κ3) is 3.35. The van der Waals surface area contributed by atoms with E-state index >= 15 is 0 Å². The van der Waals surface area contributed by atoms with Crippen LogP contribution in [-0.2, 0) is 6.54 Å². The van der Waals surface area contributed by atoms with Crippen LogP contribution in [0.2, 0.25) is 0 Å². The van der Waals surface area contributed by atoms with Crippen molar-refractivity contribution in [3.8, 4) is 5.13 Å². The first-order valence-corrected chi connectivity index (χ1v) is 10.6. The number of nitrogens with zero attached hydrogens (tertiary/aromatic N) is 4. The molecule has 5 aromatic rings. The molecule has 5 rings (SSSR count). The Kier molecular flexibility index (Phi) is 4.55. The topological polar surface area (TPSA) is 88.5 Å². The minimum atomic E-state index is -0.239. The first kappa shape index (κ1) is 18.5. The Bertz CT molecular complexity index is 1300. The molecule has 7 nitrogen and oxygen atoms in total. The lowest BCUT2D eigenvalue weighted by Gasteiger charge is -2.05. The predicted octanol–water partition coefficient (Wildman–Crippen LogP) is 4.41. The van der Waals surface area contributed by atoms with Crippen molar-refractivity contribution in [1.29, 1.82) is 0 Å². The lowest BCUT2D eigenvalue weighted by atomic mass is 10.1. The van der Waals surface area contributed by atoms with Gasteiger partial charge in [-0.05, 0) is 36.2 Å².